The van der Waals surface area contributed by atoms with Crippen LogP contribution >= 0.6 is 0 Å². The first-order valence-corrected chi connectivity index (χ1v) is 7.53. The van der Waals surface area contributed by atoms with Gasteiger partial charge in [0, 0.05) is 17.6 Å². The van der Waals surface area contributed by atoms with Gasteiger partial charge in [-0.05, 0) is 44.9 Å². The molecule has 0 atom stereocenters. The lowest BCUT2D eigenvalue weighted by molar-refractivity contribution is 0.0943. The predicted octanol–water partition coefficient (Wildman–Crippen LogP) is 3.15. The Bertz CT molecular complexity index is 465. The van der Waals surface area contributed by atoms with E-state index < -0.39 is 0 Å². The summed E-state index contributed by atoms with van der Waals surface area (Å²) in [5, 5.41) is 6.37. The molecule has 0 radical (unpaired) electrons. The van der Waals surface area contributed by atoms with Crippen molar-refractivity contribution in [2.75, 3.05) is 11.1 Å². The molecule has 1 amide bonds. The molecule has 0 heterocycles. The van der Waals surface area contributed by atoms with Gasteiger partial charge < -0.3 is 16.4 Å². The Hall–Kier alpha value is -1.71. The van der Waals surface area contributed by atoms with E-state index >= 15 is 0 Å². The fourth-order valence-corrected chi connectivity index (χ4v) is 2.65. The normalized spacial score (nSPS) is 16.1. The molecule has 0 spiro atoms. The van der Waals surface area contributed by atoms with Gasteiger partial charge in [0.15, 0.2) is 0 Å². The highest BCUT2D eigenvalue weighted by molar-refractivity contribution is 5.96. The van der Waals surface area contributed by atoms with Crippen LogP contribution in [0.2, 0.25) is 0 Å². The van der Waals surface area contributed by atoms with Crippen molar-refractivity contribution in [2.45, 2.75) is 58.0 Å². The number of carbonyl (C=O) groups excluding carboxylic acids is 1. The quantitative estimate of drug-likeness (QED) is 0.739. The van der Waals surface area contributed by atoms with Crippen LogP contribution in [0.15, 0.2) is 18.2 Å². The molecule has 1 aliphatic carbocycles. The fourth-order valence-electron chi connectivity index (χ4n) is 2.65. The summed E-state index contributed by atoms with van der Waals surface area (Å²) in [5.41, 5.74) is 8.27. The van der Waals surface area contributed by atoms with E-state index in [0.29, 0.717) is 17.3 Å². The van der Waals surface area contributed by atoms with Crippen molar-refractivity contribution >= 4 is 17.3 Å². The Kier molecular flexibility index (Phi) is 4.88. The molecule has 1 aromatic carbocycles. The Morgan fingerprint density at radius 1 is 1.25 bits per heavy atom. The van der Waals surface area contributed by atoms with E-state index in [9.17, 15) is 4.79 Å². The Morgan fingerprint density at radius 3 is 2.55 bits per heavy atom. The maximum absolute atomic E-state index is 11.9. The van der Waals surface area contributed by atoms with E-state index in [1.54, 1.807) is 6.07 Å². The van der Waals surface area contributed by atoms with Gasteiger partial charge in [-0.1, -0.05) is 19.3 Å². The van der Waals surface area contributed by atoms with Gasteiger partial charge in [0.05, 0.1) is 11.4 Å². The van der Waals surface area contributed by atoms with E-state index in [4.69, 9.17) is 5.73 Å². The maximum Gasteiger partial charge on any atom is 0.251 e. The third kappa shape index (κ3) is 3.89. The summed E-state index contributed by atoms with van der Waals surface area (Å²) in [6.07, 6.45) is 6.31. The minimum Gasteiger partial charge on any atom is -0.397 e. The molecule has 4 N–H and O–H groups in total. The first-order valence-electron chi connectivity index (χ1n) is 7.53. The van der Waals surface area contributed by atoms with Crippen LogP contribution in [0.3, 0.4) is 0 Å². The van der Waals surface area contributed by atoms with E-state index in [2.05, 4.69) is 10.6 Å². The van der Waals surface area contributed by atoms with Crippen molar-refractivity contribution in [3.63, 3.8) is 0 Å². The number of carbonyl (C=O) groups is 1. The van der Waals surface area contributed by atoms with Crippen LogP contribution in [0.25, 0.3) is 0 Å². The molecule has 4 nitrogen and oxygen atoms in total. The lowest BCUT2D eigenvalue weighted by Gasteiger charge is -2.24. The highest BCUT2D eigenvalue weighted by Gasteiger charge is 2.15. The van der Waals surface area contributed by atoms with Crippen LogP contribution in [0.5, 0.6) is 0 Å². The average molecular weight is 275 g/mol. The zero-order chi connectivity index (χ0) is 14.5. The topological polar surface area (TPSA) is 67.2 Å². The third-order valence-corrected chi connectivity index (χ3v) is 3.70. The van der Waals surface area contributed by atoms with Crippen molar-refractivity contribution in [1.29, 1.82) is 0 Å². The van der Waals surface area contributed by atoms with Gasteiger partial charge in [0.2, 0.25) is 0 Å². The largest absolute Gasteiger partial charge is 0.397 e. The maximum atomic E-state index is 11.9. The molecule has 0 saturated heterocycles. The van der Waals surface area contributed by atoms with E-state index in [0.717, 1.165) is 5.69 Å². The predicted molar refractivity (Wildman–Crippen MR) is 84.0 cm³/mol. The van der Waals surface area contributed by atoms with Gasteiger partial charge >= 0.3 is 0 Å². The molecule has 0 aliphatic heterocycles. The minimum atomic E-state index is -0.0732. The third-order valence-electron chi connectivity index (χ3n) is 3.70. The van der Waals surface area contributed by atoms with Gasteiger partial charge in [0.25, 0.3) is 5.91 Å². The van der Waals surface area contributed by atoms with Crippen LogP contribution in [-0.2, 0) is 0 Å². The van der Waals surface area contributed by atoms with Crippen LogP contribution in [0, 0.1) is 0 Å². The zero-order valence-electron chi connectivity index (χ0n) is 12.4. The standard InChI is InChI=1S/C16H25N3O/c1-11(2)18-16(20)12-8-9-15(14(17)10-12)19-13-6-4-3-5-7-13/h8-11,13,19H,3-7,17H2,1-2H3,(H,18,20). The second-order valence-corrected chi connectivity index (χ2v) is 5.91. The van der Waals surface area contributed by atoms with Gasteiger partial charge in [0.1, 0.15) is 0 Å². The van der Waals surface area contributed by atoms with Crippen molar-refractivity contribution in [3.8, 4) is 0 Å². The van der Waals surface area contributed by atoms with Gasteiger partial charge in [-0.2, -0.15) is 0 Å². The molecule has 1 fully saturated rings. The second kappa shape index (κ2) is 6.64. The minimum absolute atomic E-state index is 0.0732. The second-order valence-electron chi connectivity index (χ2n) is 5.91. The van der Waals surface area contributed by atoms with Crippen LogP contribution in [0.1, 0.15) is 56.3 Å². The molecular formula is C16H25N3O. The molecule has 1 aromatic rings. The molecule has 0 unspecified atom stereocenters. The molecule has 4 heteroatoms. The molecular weight excluding hydrogens is 250 g/mol. The number of amides is 1. The summed E-state index contributed by atoms with van der Waals surface area (Å²) in [6, 6.07) is 6.14. The Labute approximate surface area is 121 Å². The lowest BCUT2D eigenvalue weighted by atomic mass is 9.95. The van der Waals surface area contributed by atoms with E-state index in [1.165, 1.54) is 32.1 Å². The summed E-state index contributed by atoms with van der Waals surface area (Å²) >= 11 is 0. The average Bonchev–Trinajstić information content (AvgIpc) is 2.41. The van der Waals surface area contributed by atoms with Crippen molar-refractivity contribution in [1.82, 2.24) is 5.32 Å². The molecule has 110 valence electrons. The highest BCUT2D eigenvalue weighted by Crippen LogP contribution is 2.25. The number of nitrogens with two attached hydrogens (primary N) is 1. The fraction of sp³-hybridized carbons (Fsp3) is 0.562. The Balaban J connectivity index is 2.03. The molecule has 2 rings (SSSR count). The summed E-state index contributed by atoms with van der Waals surface area (Å²) in [5.74, 6) is -0.0732. The van der Waals surface area contributed by atoms with Crippen molar-refractivity contribution in [2.24, 2.45) is 0 Å². The number of anilines is 2. The summed E-state index contributed by atoms with van der Waals surface area (Å²) < 4.78 is 0. The summed E-state index contributed by atoms with van der Waals surface area (Å²) in [6.45, 7) is 3.89. The van der Waals surface area contributed by atoms with Crippen molar-refractivity contribution in [3.05, 3.63) is 23.8 Å². The van der Waals surface area contributed by atoms with Crippen LogP contribution in [0.4, 0.5) is 11.4 Å². The number of hydrogen-bond acceptors (Lipinski definition) is 3. The van der Waals surface area contributed by atoms with E-state index in [-0.39, 0.29) is 11.9 Å². The molecule has 1 saturated carbocycles. The number of nitrogen functional groups attached to an aromatic ring is 1. The zero-order valence-corrected chi connectivity index (χ0v) is 12.4. The number of rotatable bonds is 4. The first kappa shape index (κ1) is 14.7. The van der Waals surface area contributed by atoms with Gasteiger partial charge in [-0.15, -0.1) is 0 Å². The molecule has 0 aromatic heterocycles. The van der Waals surface area contributed by atoms with Gasteiger partial charge in [-0.25, -0.2) is 0 Å². The highest BCUT2D eigenvalue weighted by atomic mass is 16.1. The van der Waals surface area contributed by atoms with Crippen LogP contribution in [-0.4, -0.2) is 18.0 Å². The molecule has 1 aliphatic rings. The number of nitrogens with one attached hydrogen (secondary N) is 2. The van der Waals surface area contributed by atoms with Crippen LogP contribution < -0.4 is 16.4 Å². The monoisotopic (exact) mass is 275 g/mol. The summed E-state index contributed by atoms with van der Waals surface area (Å²) in [4.78, 5) is 11.9. The summed E-state index contributed by atoms with van der Waals surface area (Å²) in [7, 11) is 0. The first-order chi connectivity index (χ1) is 9.56. The molecule has 0 bridgehead atoms. The lowest BCUT2D eigenvalue weighted by Crippen LogP contribution is -2.30. The van der Waals surface area contributed by atoms with Gasteiger partial charge in [-0.3, -0.25) is 4.79 Å². The number of hydrogen-bond donors (Lipinski definition) is 3. The Morgan fingerprint density at radius 2 is 1.95 bits per heavy atom. The number of benzene rings is 1. The smallest absolute Gasteiger partial charge is 0.251 e. The molecule has 20 heavy (non-hydrogen) atoms. The SMILES string of the molecule is CC(C)NC(=O)c1ccc(NC2CCCCC2)c(N)c1. The van der Waals surface area contributed by atoms with E-state index in [1.807, 2.05) is 26.0 Å². The van der Waals surface area contributed by atoms with Crippen molar-refractivity contribution < 1.29 is 4.79 Å².